The zero-order valence-electron chi connectivity index (χ0n) is 12.2. The van der Waals surface area contributed by atoms with E-state index in [1.54, 1.807) is 18.2 Å². The number of aromatic hydroxyl groups is 1. The van der Waals surface area contributed by atoms with Crippen LogP contribution in [0.2, 0.25) is 5.02 Å². The Kier molecular flexibility index (Phi) is 4.99. The van der Waals surface area contributed by atoms with Gasteiger partial charge in [-0.25, -0.2) is 0 Å². The highest BCUT2D eigenvalue weighted by Crippen LogP contribution is 2.34. The molecular weight excluding hydrogens is 414 g/mol. The first-order valence-corrected chi connectivity index (χ1v) is 8.91. The van der Waals surface area contributed by atoms with Crippen molar-refractivity contribution in [3.8, 4) is 5.75 Å². The third-order valence-electron chi connectivity index (χ3n) is 3.37. The smallest absolute Gasteiger partial charge is 0.293 e. The fourth-order valence-corrected chi connectivity index (χ4v) is 3.69. The lowest BCUT2D eigenvalue weighted by molar-refractivity contribution is -0.123. The molecule has 24 heavy (non-hydrogen) atoms. The zero-order valence-corrected chi connectivity index (χ0v) is 15.4. The van der Waals surface area contributed by atoms with Crippen LogP contribution in [-0.2, 0) is 11.3 Å². The number of carbonyl (C=O) groups excluding carboxylic acids is 2. The minimum atomic E-state index is -0.339. The molecule has 0 radical (unpaired) electrons. The Labute approximate surface area is 156 Å². The molecule has 122 valence electrons. The van der Waals surface area contributed by atoms with Gasteiger partial charge in [0.15, 0.2) is 0 Å². The standard InChI is InChI=1S/C17H11BrClNO3S/c18-12-3-1-2-11(6-12)9-20-16(22)15(24-17(20)23)8-10-4-5-14(21)13(19)7-10/h1-8,21H,9H2/b15-8+. The van der Waals surface area contributed by atoms with Gasteiger partial charge in [-0.1, -0.05) is 45.7 Å². The van der Waals surface area contributed by atoms with E-state index in [0.29, 0.717) is 10.5 Å². The zero-order chi connectivity index (χ0) is 17.3. The van der Waals surface area contributed by atoms with Crippen LogP contribution >= 0.6 is 39.3 Å². The van der Waals surface area contributed by atoms with Crippen LogP contribution in [0.3, 0.4) is 0 Å². The topological polar surface area (TPSA) is 57.6 Å². The molecule has 0 aliphatic carbocycles. The summed E-state index contributed by atoms with van der Waals surface area (Å²) in [5.41, 5.74) is 1.51. The second-order valence-corrected chi connectivity index (χ2v) is 7.42. The summed E-state index contributed by atoms with van der Waals surface area (Å²) in [4.78, 5) is 26.2. The van der Waals surface area contributed by atoms with Crippen LogP contribution in [0.15, 0.2) is 51.8 Å². The molecule has 1 heterocycles. The van der Waals surface area contributed by atoms with Gasteiger partial charge in [0.2, 0.25) is 0 Å². The first-order chi connectivity index (χ1) is 11.4. The van der Waals surface area contributed by atoms with Crippen molar-refractivity contribution >= 4 is 56.5 Å². The third-order valence-corrected chi connectivity index (χ3v) is 5.08. The summed E-state index contributed by atoms with van der Waals surface area (Å²) in [5.74, 6) is -0.370. The van der Waals surface area contributed by atoms with Crippen molar-refractivity contribution in [2.75, 3.05) is 0 Å². The Morgan fingerprint density at radius 2 is 2.00 bits per heavy atom. The van der Waals surface area contributed by atoms with Gasteiger partial charge in [0.25, 0.3) is 11.1 Å². The molecule has 2 aromatic rings. The van der Waals surface area contributed by atoms with E-state index in [0.717, 1.165) is 21.8 Å². The molecule has 3 rings (SSSR count). The fraction of sp³-hybridized carbons (Fsp3) is 0.0588. The lowest BCUT2D eigenvalue weighted by Crippen LogP contribution is -2.27. The molecule has 0 unspecified atom stereocenters. The minimum absolute atomic E-state index is 0.0309. The van der Waals surface area contributed by atoms with Crippen LogP contribution in [0.4, 0.5) is 4.79 Å². The second-order valence-electron chi connectivity index (χ2n) is 5.11. The number of imide groups is 1. The van der Waals surface area contributed by atoms with Crippen LogP contribution in [0, 0.1) is 0 Å². The summed E-state index contributed by atoms with van der Waals surface area (Å²) < 4.78 is 0.890. The lowest BCUT2D eigenvalue weighted by atomic mass is 10.2. The number of benzene rings is 2. The highest BCUT2D eigenvalue weighted by molar-refractivity contribution is 9.10. The molecule has 0 aromatic heterocycles. The Morgan fingerprint density at radius 3 is 2.71 bits per heavy atom. The van der Waals surface area contributed by atoms with E-state index in [9.17, 15) is 14.7 Å². The average Bonchev–Trinajstić information content (AvgIpc) is 2.79. The molecule has 0 spiro atoms. The average molecular weight is 425 g/mol. The SMILES string of the molecule is O=C1S/C(=C/c2ccc(O)c(Cl)c2)C(=O)N1Cc1cccc(Br)c1. The van der Waals surface area contributed by atoms with E-state index in [1.165, 1.54) is 11.0 Å². The van der Waals surface area contributed by atoms with Gasteiger partial charge in [0, 0.05) is 4.47 Å². The van der Waals surface area contributed by atoms with Gasteiger partial charge in [-0.05, 0) is 53.2 Å². The van der Waals surface area contributed by atoms with Crippen molar-refractivity contribution in [1.29, 1.82) is 0 Å². The third kappa shape index (κ3) is 3.66. The van der Waals surface area contributed by atoms with Gasteiger partial charge < -0.3 is 5.11 Å². The molecule has 0 saturated carbocycles. The number of amides is 2. The van der Waals surface area contributed by atoms with Gasteiger partial charge >= 0.3 is 0 Å². The molecule has 1 fully saturated rings. The van der Waals surface area contributed by atoms with E-state index in [1.807, 2.05) is 24.3 Å². The molecular formula is C17H11BrClNO3S. The molecule has 1 aliphatic rings. The first kappa shape index (κ1) is 17.1. The lowest BCUT2D eigenvalue weighted by Gasteiger charge is -2.12. The summed E-state index contributed by atoms with van der Waals surface area (Å²) in [7, 11) is 0. The Hall–Kier alpha value is -1.76. The molecule has 0 bridgehead atoms. The molecule has 2 aromatic carbocycles. The number of phenolic OH excluding ortho intramolecular Hbond substituents is 1. The van der Waals surface area contributed by atoms with Gasteiger partial charge in [-0.15, -0.1) is 0 Å². The monoisotopic (exact) mass is 423 g/mol. The molecule has 0 atom stereocenters. The van der Waals surface area contributed by atoms with Crippen molar-refractivity contribution in [1.82, 2.24) is 4.90 Å². The first-order valence-electron chi connectivity index (χ1n) is 6.92. The van der Waals surface area contributed by atoms with Crippen LogP contribution in [0.5, 0.6) is 5.75 Å². The van der Waals surface area contributed by atoms with Gasteiger partial charge in [0.05, 0.1) is 16.5 Å². The van der Waals surface area contributed by atoms with Crippen LogP contribution in [0.25, 0.3) is 6.08 Å². The largest absolute Gasteiger partial charge is 0.506 e. The maximum atomic E-state index is 12.5. The molecule has 2 amide bonds. The van der Waals surface area contributed by atoms with Crippen LogP contribution in [0.1, 0.15) is 11.1 Å². The quantitative estimate of drug-likeness (QED) is 0.701. The van der Waals surface area contributed by atoms with E-state index in [-0.39, 0.29) is 28.5 Å². The number of carbonyl (C=O) groups is 2. The molecule has 1 saturated heterocycles. The van der Waals surface area contributed by atoms with Crippen molar-refractivity contribution in [2.45, 2.75) is 6.54 Å². The normalized spacial score (nSPS) is 16.2. The summed E-state index contributed by atoms with van der Waals surface area (Å²) in [5, 5.41) is 9.32. The highest BCUT2D eigenvalue weighted by atomic mass is 79.9. The maximum absolute atomic E-state index is 12.5. The molecule has 1 aliphatic heterocycles. The number of thioether (sulfide) groups is 1. The number of nitrogens with zero attached hydrogens (tertiary/aromatic N) is 1. The number of hydrogen-bond acceptors (Lipinski definition) is 4. The molecule has 4 nitrogen and oxygen atoms in total. The number of hydrogen-bond donors (Lipinski definition) is 1. The molecule has 1 N–H and O–H groups in total. The number of phenols is 1. The van der Waals surface area contributed by atoms with E-state index < -0.39 is 0 Å². The Morgan fingerprint density at radius 1 is 1.21 bits per heavy atom. The number of halogens is 2. The van der Waals surface area contributed by atoms with Gasteiger partial charge in [0.1, 0.15) is 5.75 Å². The Balaban J connectivity index is 1.83. The maximum Gasteiger partial charge on any atom is 0.293 e. The van der Waals surface area contributed by atoms with Crippen molar-refractivity contribution in [2.24, 2.45) is 0 Å². The summed E-state index contributed by atoms with van der Waals surface area (Å²) in [6.45, 7) is 0.220. The summed E-state index contributed by atoms with van der Waals surface area (Å²) in [6.07, 6.45) is 1.59. The van der Waals surface area contributed by atoms with E-state index in [2.05, 4.69) is 15.9 Å². The highest BCUT2D eigenvalue weighted by Gasteiger charge is 2.34. The summed E-state index contributed by atoms with van der Waals surface area (Å²) >= 11 is 10.1. The van der Waals surface area contributed by atoms with Crippen molar-refractivity contribution < 1.29 is 14.7 Å². The van der Waals surface area contributed by atoms with Crippen LogP contribution in [-0.4, -0.2) is 21.2 Å². The van der Waals surface area contributed by atoms with Gasteiger partial charge in [-0.3, -0.25) is 14.5 Å². The van der Waals surface area contributed by atoms with Crippen molar-refractivity contribution in [3.05, 3.63) is 68.0 Å². The van der Waals surface area contributed by atoms with E-state index >= 15 is 0 Å². The second kappa shape index (κ2) is 7.01. The minimum Gasteiger partial charge on any atom is -0.506 e. The predicted molar refractivity (Wildman–Crippen MR) is 98.8 cm³/mol. The van der Waals surface area contributed by atoms with Crippen LogP contribution < -0.4 is 0 Å². The number of rotatable bonds is 3. The van der Waals surface area contributed by atoms with Crippen molar-refractivity contribution in [3.63, 3.8) is 0 Å². The van der Waals surface area contributed by atoms with Gasteiger partial charge in [-0.2, -0.15) is 0 Å². The predicted octanol–water partition coefficient (Wildman–Crippen LogP) is 5.04. The molecule has 7 heteroatoms. The summed E-state index contributed by atoms with van der Waals surface area (Å²) in [6, 6.07) is 12.1. The fourth-order valence-electron chi connectivity index (χ4n) is 2.22. The van der Waals surface area contributed by atoms with E-state index in [4.69, 9.17) is 11.6 Å². The Bertz CT molecular complexity index is 869.